The topological polar surface area (TPSA) is 59.1 Å². The first-order valence-corrected chi connectivity index (χ1v) is 9.64. The molecule has 0 aliphatic carbocycles. The van der Waals surface area contributed by atoms with E-state index in [4.69, 9.17) is 14.4 Å². The predicted octanol–water partition coefficient (Wildman–Crippen LogP) is 6.48. The molecule has 1 heterocycles. The van der Waals surface area contributed by atoms with Crippen LogP contribution in [-0.4, -0.2) is 4.98 Å². The molecule has 0 unspecified atom stereocenters. The smallest absolute Gasteiger partial charge is 0.226 e. The van der Waals surface area contributed by atoms with Crippen LogP contribution in [0.4, 0.5) is 0 Å². The van der Waals surface area contributed by atoms with Gasteiger partial charge in [-0.15, -0.1) is 0 Å². The van der Waals surface area contributed by atoms with Crippen LogP contribution in [0, 0.1) is 18.3 Å². The summed E-state index contributed by atoms with van der Waals surface area (Å²) >= 11 is 0. The lowest BCUT2D eigenvalue weighted by atomic mass is 10.1. The number of hydrogen-bond acceptors (Lipinski definition) is 4. The third-order valence-corrected chi connectivity index (χ3v) is 4.72. The number of allylic oxidation sites excluding steroid dienone is 3. The molecule has 4 rings (SSSR count). The Kier molecular flexibility index (Phi) is 5.73. The quantitative estimate of drug-likeness (QED) is 0.278. The van der Waals surface area contributed by atoms with E-state index >= 15 is 0 Å². The summed E-state index contributed by atoms with van der Waals surface area (Å²) in [7, 11) is 0. The highest BCUT2D eigenvalue weighted by Gasteiger charge is 2.12. The summed E-state index contributed by atoms with van der Waals surface area (Å²) in [6.45, 7) is 2.24. The van der Waals surface area contributed by atoms with Crippen LogP contribution in [0.5, 0.6) is 5.75 Å². The zero-order valence-corrected chi connectivity index (χ0v) is 16.6. The fourth-order valence-corrected chi connectivity index (χ4v) is 3.10. The Morgan fingerprint density at radius 2 is 1.80 bits per heavy atom. The van der Waals surface area contributed by atoms with Crippen molar-refractivity contribution in [3.63, 3.8) is 0 Å². The van der Waals surface area contributed by atoms with Crippen LogP contribution < -0.4 is 4.74 Å². The molecule has 0 bridgehead atoms. The maximum Gasteiger partial charge on any atom is 0.226 e. The molecule has 30 heavy (non-hydrogen) atoms. The molecule has 4 aromatic rings. The Labute approximate surface area is 175 Å². The minimum Gasteiger partial charge on any atom is -0.487 e. The molecule has 4 nitrogen and oxygen atoms in total. The molecule has 0 radical (unpaired) electrons. The molecule has 0 fully saturated rings. The molecule has 0 spiro atoms. The Hall–Kier alpha value is -4.10. The van der Waals surface area contributed by atoms with Crippen molar-refractivity contribution in [3.05, 3.63) is 102 Å². The Morgan fingerprint density at radius 3 is 2.60 bits per heavy atom. The minimum atomic E-state index is 0.336. The van der Waals surface area contributed by atoms with Crippen LogP contribution >= 0.6 is 0 Å². The first-order chi connectivity index (χ1) is 14.7. The average molecular weight is 392 g/mol. The standard InChI is InChI=1S/C26H20N2O2/c1-19-25(18-29-24-14-10-20(11-15-24)7-3-2-6-16-27)28-26(30-19)23-13-12-21-8-4-5-9-22(21)17-23/h2-15,17H,18H2,1H3/b6-2+,7-3+. The number of aromatic nitrogens is 1. The van der Waals surface area contributed by atoms with Crippen molar-refractivity contribution in [2.75, 3.05) is 0 Å². The maximum atomic E-state index is 8.48. The van der Waals surface area contributed by atoms with Crippen LogP contribution in [0.1, 0.15) is 17.0 Å². The van der Waals surface area contributed by atoms with E-state index in [2.05, 4.69) is 29.2 Å². The molecule has 4 heteroatoms. The van der Waals surface area contributed by atoms with Gasteiger partial charge in [0.1, 0.15) is 23.8 Å². The molecule has 146 valence electrons. The first-order valence-electron chi connectivity index (χ1n) is 9.64. The lowest BCUT2D eigenvalue weighted by Crippen LogP contribution is -1.97. The van der Waals surface area contributed by atoms with Crippen molar-refractivity contribution in [2.24, 2.45) is 0 Å². The van der Waals surface area contributed by atoms with Crippen LogP contribution in [0.3, 0.4) is 0 Å². The molecular weight excluding hydrogens is 372 g/mol. The number of oxazole rings is 1. The number of nitrogens with zero attached hydrogens (tertiary/aromatic N) is 2. The van der Waals surface area contributed by atoms with E-state index in [0.717, 1.165) is 33.7 Å². The summed E-state index contributed by atoms with van der Waals surface area (Å²) in [6, 6.07) is 24.1. The lowest BCUT2D eigenvalue weighted by molar-refractivity contribution is 0.299. The number of fused-ring (bicyclic) bond motifs is 1. The Bertz CT molecular complexity index is 1260. The largest absolute Gasteiger partial charge is 0.487 e. The van der Waals surface area contributed by atoms with E-state index in [1.807, 2.05) is 67.6 Å². The SMILES string of the molecule is Cc1oc(-c2ccc3ccccc3c2)nc1COc1ccc(/C=C/C=C/C#N)cc1. The summed E-state index contributed by atoms with van der Waals surface area (Å²) in [4.78, 5) is 4.64. The molecule has 0 aliphatic heterocycles. The third-order valence-electron chi connectivity index (χ3n) is 4.72. The second-order valence-corrected chi connectivity index (χ2v) is 6.79. The fourth-order valence-electron chi connectivity index (χ4n) is 3.10. The van der Waals surface area contributed by atoms with Crippen LogP contribution in [0.15, 0.2) is 89.4 Å². The summed E-state index contributed by atoms with van der Waals surface area (Å²) in [5.41, 5.74) is 2.76. The normalized spacial score (nSPS) is 11.3. The predicted molar refractivity (Wildman–Crippen MR) is 119 cm³/mol. The first kappa shape index (κ1) is 19.2. The highest BCUT2D eigenvalue weighted by molar-refractivity contribution is 5.86. The van der Waals surface area contributed by atoms with Crippen LogP contribution in [0.2, 0.25) is 0 Å². The van der Waals surface area contributed by atoms with Gasteiger partial charge in [0, 0.05) is 11.6 Å². The number of hydrogen-bond donors (Lipinski definition) is 0. The Balaban J connectivity index is 1.44. The van der Waals surface area contributed by atoms with E-state index in [0.29, 0.717) is 12.5 Å². The number of aryl methyl sites for hydroxylation is 1. The van der Waals surface area contributed by atoms with Gasteiger partial charge in [-0.25, -0.2) is 4.98 Å². The van der Waals surface area contributed by atoms with Crippen molar-refractivity contribution < 1.29 is 9.15 Å². The van der Waals surface area contributed by atoms with Gasteiger partial charge < -0.3 is 9.15 Å². The maximum absolute atomic E-state index is 8.48. The minimum absolute atomic E-state index is 0.336. The van der Waals surface area contributed by atoms with Gasteiger partial charge in [-0.2, -0.15) is 5.26 Å². The molecular formula is C26H20N2O2. The van der Waals surface area contributed by atoms with E-state index in [-0.39, 0.29) is 0 Å². The summed E-state index contributed by atoms with van der Waals surface area (Å²) in [5, 5.41) is 10.8. The van der Waals surface area contributed by atoms with Crippen molar-refractivity contribution >= 4 is 16.8 Å². The summed E-state index contributed by atoms with van der Waals surface area (Å²) in [6.07, 6.45) is 6.88. The fraction of sp³-hybridized carbons (Fsp3) is 0.0769. The second-order valence-electron chi connectivity index (χ2n) is 6.79. The monoisotopic (exact) mass is 392 g/mol. The van der Waals surface area contributed by atoms with Crippen molar-refractivity contribution in [1.29, 1.82) is 5.26 Å². The van der Waals surface area contributed by atoms with E-state index in [1.165, 1.54) is 11.5 Å². The van der Waals surface area contributed by atoms with Crippen LogP contribution in [0.25, 0.3) is 28.3 Å². The lowest BCUT2D eigenvalue weighted by Gasteiger charge is -2.04. The average Bonchev–Trinajstić information content (AvgIpc) is 3.16. The third kappa shape index (κ3) is 4.48. The molecule has 0 aliphatic rings. The van der Waals surface area contributed by atoms with E-state index < -0.39 is 0 Å². The number of benzene rings is 3. The Morgan fingerprint density at radius 1 is 1.00 bits per heavy atom. The zero-order valence-electron chi connectivity index (χ0n) is 16.6. The summed E-state index contributed by atoms with van der Waals surface area (Å²) in [5.74, 6) is 2.11. The molecule has 0 amide bonds. The number of rotatable bonds is 6. The second kappa shape index (κ2) is 8.93. The van der Waals surface area contributed by atoms with Gasteiger partial charge in [0.15, 0.2) is 0 Å². The highest BCUT2D eigenvalue weighted by atomic mass is 16.5. The molecule has 0 saturated carbocycles. The number of ether oxygens (including phenoxy) is 1. The van der Waals surface area contributed by atoms with Gasteiger partial charge in [0.2, 0.25) is 5.89 Å². The molecule has 0 N–H and O–H groups in total. The van der Waals surface area contributed by atoms with Crippen LogP contribution in [-0.2, 0) is 6.61 Å². The zero-order chi connectivity index (χ0) is 20.8. The van der Waals surface area contributed by atoms with Crippen molar-refractivity contribution in [1.82, 2.24) is 4.98 Å². The van der Waals surface area contributed by atoms with E-state index in [9.17, 15) is 0 Å². The van der Waals surface area contributed by atoms with Gasteiger partial charge >= 0.3 is 0 Å². The molecule has 3 aromatic carbocycles. The van der Waals surface area contributed by atoms with Gasteiger partial charge in [0.25, 0.3) is 0 Å². The number of nitriles is 1. The van der Waals surface area contributed by atoms with Gasteiger partial charge in [-0.05, 0) is 47.5 Å². The molecule has 0 atom stereocenters. The summed E-state index contributed by atoms with van der Waals surface area (Å²) < 4.78 is 11.8. The molecule has 0 saturated heterocycles. The van der Waals surface area contributed by atoms with E-state index in [1.54, 1.807) is 6.08 Å². The van der Waals surface area contributed by atoms with Crippen molar-refractivity contribution in [3.8, 4) is 23.3 Å². The molecule has 1 aromatic heterocycles. The highest BCUT2D eigenvalue weighted by Crippen LogP contribution is 2.26. The van der Waals surface area contributed by atoms with Gasteiger partial charge in [-0.3, -0.25) is 0 Å². The van der Waals surface area contributed by atoms with Gasteiger partial charge in [0.05, 0.1) is 6.07 Å². The van der Waals surface area contributed by atoms with Crippen molar-refractivity contribution in [2.45, 2.75) is 13.5 Å². The van der Waals surface area contributed by atoms with Gasteiger partial charge in [-0.1, -0.05) is 60.7 Å².